The fourth-order valence-corrected chi connectivity index (χ4v) is 1.97. The molecule has 0 aliphatic heterocycles. The lowest BCUT2D eigenvalue weighted by molar-refractivity contribution is 0.519. The van der Waals surface area contributed by atoms with E-state index >= 15 is 0 Å². The first-order chi connectivity index (χ1) is 3.95. The molecule has 2 atom stereocenters. The monoisotopic (exact) mass is 108 g/mol. The van der Waals surface area contributed by atoms with Gasteiger partial charge in [0.1, 0.15) is 0 Å². The van der Waals surface area contributed by atoms with E-state index in [1.807, 2.05) is 0 Å². The van der Waals surface area contributed by atoms with Gasteiger partial charge in [0.15, 0.2) is 0 Å². The molecule has 0 amide bonds. The Labute approximate surface area is 50.6 Å². The van der Waals surface area contributed by atoms with Gasteiger partial charge in [-0.2, -0.15) is 0 Å². The molecular formula is C8H12. The zero-order valence-electron chi connectivity index (χ0n) is 5.14. The van der Waals surface area contributed by atoms with E-state index in [2.05, 4.69) is 12.2 Å². The van der Waals surface area contributed by atoms with Gasteiger partial charge in [-0.1, -0.05) is 12.2 Å². The molecule has 1 saturated carbocycles. The van der Waals surface area contributed by atoms with Crippen LogP contribution < -0.4 is 0 Å². The Morgan fingerprint density at radius 2 is 2.25 bits per heavy atom. The minimum Gasteiger partial charge on any atom is -0.0880 e. The molecule has 0 N–H and O–H groups in total. The highest BCUT2D eigenvalue weighted by Gasteiger charge is 2.24. The fraction of sp³-hybridized carbons (Fsp3) is 0.750. The van der Waals surface area contributed by atoms with Crippen molar-refractivity contribution < 1.29 is 0 Å². The molecule has 2 unspecified atom stereocenters. The Hall–Kier alpha value is -0.260. The van der Waals surface area contributed by atoms with Crippen LogP contribution in [0.5, 0.6) is 0 Å². The second-order valence-electron chi connectivity index (χ2n) is 3.10. The molecule has 44 valence electrons. The van der Waals surface area contributed by atoms with E-state index in [0.717, 1.165) is 11.8 Å². The molecule has 0 aromatic heterocycles. The van der Waals surface area contributed by atoms with Gasteiger partial charge in [0.25, 0.3) is 0 Å². The van der Waals surface area contributed by atoms with E-state index in [4.69, 9.17) is 0 Å². The lowest BCUT2D eigenvalue weighted by atomic mass is 9.96. The van der Waals surface area contributed by atoms with E-state index in [1.54, 1.807) is 0 Å². The van der Waals surface area contributed by atoms with Crippen molar-refractivity contribution in [3.63, 3.8) is 0 Å². The lowest BCUT2D eigenvalue weighted by Crippen LogP contribution is -1.97. The first kappa shape index (κ1) is 4.60. The van der Waals surface area contributed by atoms with E-state index < -0.39 is 0 Å². The summed E-state index contributed by atoms with van der Waals surface area (Å²) >= 11 is 0. The Morgan fingerprint density at radius 1 is 1.25 bits per heavy atom. The topological polar surface area (TPSA) is 0 Å². The minimum atomic E-state index is 0.980. The van der Waals surface area contributed by atoms with Crippen LogP contribution in [0.3, 0.4) is 0 Å². The third-order valence-corrected chi connectivity index (χ3v) is 2.46. The zero-order chi connectivity index (χ0) is 5.40. The maximum absolute atomic E-state index is 2.41. The van der Waals surface area contributed by atoms with E-state index in [0.29, 0.717) is 0 Å². The predicted molar refractivity (Wildman–Crippen MR) is 34.6 cm³/mol. The zero-order valence-corrected chi connectivity index (χ0v) is 5.14. The number of hydrogen-bond acceptors (Lipinski definition) is 0. The van der Waals surface area contributed by atoms with E-state index in [1.165, 1.54) is 25.7 Å². The van der Waals surface area contributed by atoms with E-state index in [-0.39, 0.29) is 0 Å². The van der Waals surface area contributed by atoms with Crippen molar-refractivity contribution in [3.8, 4) is 0 Å². The molecule has 2 aliphatic rings. The van der Waals surface area contributed by atoms with Crippen LogP contribution in [-0.2, 0) is 0 Å². The standard InChI is InChI=1S/C8H12/c1-2-7-4-5-8(3-1)6-7/h1-2,7-8H,3-6H2. The van der Waals surface area contributed by atoms with Crippen LogP contribution in [-0.4, -0.2) is 0 Å². The average molecular weight is 108 g/mol. The third kappa shape index (κ3) is 0.594. The molecule has 0 aromatic rings. The molecule has 0 aromatic carbocycles. The smallest absolute Gasteiger partial charge is 0.0231 e. The number of rotatable bonds is 0. The highest BCUT2D eigenvalue weighted by molar-refractivity contribution is 5.00. The SMILES string of the molecule is C1=CC2CCC(C1)C2. The summed E-state index contributed by atoms with van der Waals surface area (Å²) in [4.78, 5) is 0. The van der Waals surface area contributed by atoms with Crippen molar-refractivity contribution in [1.29, 1.82) is 0 Å². The summed E-state index contributed by atoms with van der Waals surface area (Å²) in [5, 5.41) is 0. The third-order valence-electron chi connectivity index (χ3n) is 2.46. The summed E-state index contributed by atoms with van der Waals surface area (Å²) in [7, 11) is 0. The van der Waals surface area contributed by atoms with Gasteiger partial charge in [0.05, 0.1) is 0 Å². The molecule has 8 heavy (non-hydrogen) atoms. The maximum atomic E-state index is 2.41. The summed E-state index contributed by atoms with van der Waals surface area (Å²) in [6.45, 7) is 0. The van der Waals surface area contributed by atoms with Crippen LogP contribution in [0.2, 0.25) is 0 Å². The molecule has 0 heteroatoms. The molecule has 0 heterocycles. The van der Waals surface area contributed by atoms with Crippen molar-refractivity contribution in [1.82, 2.24) is 0 Å². The Kier molecular flexibility index (Phi) is 0.927. The van der Waals surface area contributed by atoms with Crippen LogP contribution >= 0.6 is 0 Å². The summed E-state index contributed by atoms with van der Waals surface area (Å²) in [6.07, 6.45) is 10.6. The average Bonchev–Trinajstić information content (AvgIpc) is 2.12. The van der Waals surface area contributed by atoms with E-state index in [9.17, 15) is 0 Å². The van der Waals surface area contributed by atoms with Crippen LogP contribution in [0.4, 0.5) is 0 Å². The summed E-state index contributed by atoms with van der Waals surface area (Å²) in [5.41, 5.74) is 0. The van der Waals surface area contributed by atoms with Crippen molar-refractivity contribution in [3.05, 3.63) is 12.2 Å². The maximum Gasteiger partial charge on any atom is -0.0231 e. The van der Waals surface area contributed by atoms with Gasteiger partial charge in [-0.3, -0.25) is 0 Å². The second kappa shape index (κ2) is 1.61. The molecule has 0 saturated heterocycles. The predicted octanol–water partition coefficient (Wildman–Crippen LogP) is 2.36. The number of fused-ring (bicyclic) bond motifs is 2. The second-order valence-corrected chi connectivity index (χ2v) is 3.10. The van der Waals surface area contributed by atoms with Crippen molar-refractivity contribution in [2.24, 2.45) is 11.8 Å². The lowest BCUT2D eigenvalue weighted by Gasteiger charge is -2.10. The Bertz CT molecular complexity index is 113. The minimum absolute atomic E-state index is 0.980. The highest BCUT2D eigenvalue weighted by Crippen LogP contribution is 2.37. The van der Waals surface area contributed by atoms with Gasteiger partial charge in [-0.15, -0.1) is 0 Å². The van der Waals surface area contributed by atoms with Gasteiger partial charge >= 0.3 is 0 Å². The quantitative estimate of drug-likeness (QED) is 0.418. The van der Waals surface area contributed by atoms with Gasteiger partial charge in [-0.05, 0) is 37.5 Å². The fourth-order valence-electron chi connectivity index (χ4n) is 1.97. The van der Waals surface area contributed by atoms with Crippen molar-refractivity contribution in [2.45, 2.75) is 25.7 Å². The number of hydrogen-bond donors (Lipinski definition) is 0. The van der Waals surface area contributed by atoms with Crippen LogP contribution in [0.25, 0.3) is 0 Å². The summed E-state index contributed by atoms with van der Waals surface area (Å²) in [5.74, 6) is 2.05. The Morgan fingerprint density at radius 3 is 3.00 bits per heavy atom. The molecular weight excluding hydrogens is 96.1 g/mol. The molecule has 1 fully saturated rings. The molecule has 0 radical (unpaired) electrons. The van der Waals surface area contributed by atoms with Crippen molar-refractivity contribution in [2.75, 3.05) is 0 Å². The van der Waals surface area contributed by atoms with Gasteiger partial charge < -0.3 is 0 Å². The summed E-state index contributed by atoms with van der Waals surface area (Å²) in [6, 6.07) is 0. The van der Waals surface area contributed by atoms with Crippen LogP contribution in [0.15, 0.2) is 12.2 Å². The summed E-state index contributed by atoms with van der Waals surface area (Å²) < 4.78 is 0. The molecule has 2 rings (SSSR count). The first-order valence-corrected chi connectivity index (χ1v) is 3.62. The molecule has 2 bridgehead atoms. The molecule has 0 spiro atoms. The normalized spacial score (nSPS) is 43.0. The van der Waals surface area contributed by atoms with Crippen LogP contribution in [0.1, 0.15) is 25.7 Å². The first-order valence-electron chi connectivity index (χ1n) is 3.62. The van der Waals surface area contributed by atoms with Gasteiger partial charge in [0, 0.05) is 0 Å². The van der Waals surface area contributed by atoms with Gasteiger partial charge in [-0.25, -0.2) is 0 Å². The molecule has 0 nitrogen and oxygen atoms in total. The van der Waals surface area contributed by atoms with Gasteiger partial charge in [0.2, 0.25) is 0 Å². The van der Waals surface area contributed by atoms with Crippen LogP contribution in [0, 0.1) is 11.8 Å². The largest absolute Gasteiger partial charge is 0.0880 e. The molecule has 2 aliphatic carbocycles. The number of allylic oxidation sites excluding steroid dienone is 2. The Balaban J connectivity index is 2.17. The highest BCUT2D eigenvalue weighted by atomic mass is 14.3. The van der Waals surface area contributed by atoms with Crippen molar-refractivity contribution >= 4 is 0 Å².